The normalized spacial score (nSPS) is 10.7. The van der Waals surface area contributed by atoms with Crippen LogP contribution in [0, 0.1) is 6.92 Å². The Bertz CT molecular complexity index is 791. The van der Waals surface area contributed by atoms with Crippen LogP contribution in [0.3, 0.4) is 0 Å². The summed E-state index contributed by atoms with van der Waals surface area (Å²) < 4.78 is 0. The van der Waals surface area contributed by atoms with Crippen molar-refractivity contribution >= 4 is 28.3 Å². The fourth-order valence-electron chi connectivity index (χ4n) is 2.12. The minimum atomic E-state index is -0.208. The zero-order valence-electron chi connectivity index (χ0n) is 11.0. The number of aromatic amines is 1. The van der Waals surface area contributed by atoms with Gasteiger partial charge in [-0.15, -0.1) is 0 Å². The molecule has 3 aromatic rings. The predicted octanol–water partition coefficient (Wildman–Crippen LogP) is 2.71. The number of amides is 1. The molecule has 2 aromatic heterocycles. The Morgan fingerprint density at radius 3 is 2.95 bits per heavy atom. The molecule has 0 atom stereocenters. The molecule has 0 saturated heterocycles. The molecule has 5 heteroatoms. The van der Waals surface area contributed by atoms with Crippen LogP contribution in [0.2, 0.25) is 0 Å². The minimum absolute atomic E-state index is 0.208. The zero-order chi connectivity index (χ0) is 14.1. The maximum atomic E-state index is 12.3. The van der Waals surface area contributed by atoms with Crippen molar-refractivity contribution in [3.05, 3.63) is 53.9 Å². The number of nitrogens with two attached hydrogens (primary N) is 1. The average molecular weight is 266 g/mol. The van der Waals surface area contributed by atoms with Crippen molar-refractivity contribution in [1.29, 1.82) is 0 Å². The van der Waals surface area contributed by atoms with Crippen molar-refractivity contribution in [3.8, 4) is 0 Å². The highest BCUT2D eigenvalue weighted by atomic mass is 16.1. The maximum absolute atomic E-state index is 12.3. The van der Waals surface area contributed by atoms with E-state index in [2.05, 4.69) is 15.3 Å². The molecule has 0 saturated carbocycles. The first-order valence-electron chi connectivity index (χ1n) is 6.25. The number of hydrogen-bond donors (Lipinski definition) is 3. The van der Waals surface area contributed by atoms with E-state index in [4.69, 9.17) is 5.73 Å². The first-order valence-corrected chi connectivity index (χ1v) is 6.25. The second-order valence-electron chi connectivity index (χ2n) is 4.63. The molecule has 1 amide bonds. The van der Waals surface area contributed by atoms with Gasteiger partial charge in [-0.2, -0.15) is 0 Å². The summed E-state index contributed by atoms with van der Waals surface area (Å²) in [6, 6.07) is 10.9. The van der Waals surface area contributed by atoms with Gasteiger partial charge in [0, 0.05) is 28.5 Å². The van der Waals surface area contributed by atoms with Crippen LogP contribution in [0.4, 0.5) is 11.5 Å². The zero-order valence-corrected chi connectivity index (χ0v) is 11.0. The van der Waals surface area contributed by atoms with Crippen LogP contribution in [-0.2, 0) is 0 Å². The highest BCUT2D eigenvalue weighted by Crippen LogP contribution is 2.21. The van der Waals surface area contributed by atoms with Crippen molar-refractivity contribution in [2.45, 2.75) is 6.92 Å². The van der Waals surface area contributed by atoms with Gasteiger partial charge in [-0.05, 0) is 37.3 Å². The smallest absolute Gasteiger partial charge is 0.258 e. The molecule has 0 spiro atoms. The summed E-state index contributed by atoms with van der Waals surface area (Å²) >= 11 is 0. The number of rotatable bonds is 2. The van der Waals surface area contributed by atoms with E-state index in [1.807, 2.05) is 25.1 Å². The van der Waals surface area contributed by atoms with E-state index in [-0.39, 0.29) is 5.91 Å². The number of aromatic nitrogens is 2. The van der Waals surface area contributed by atoms with Crippen molar-refractivity contribution in [2.75, 3.05) is 11.1 Å². The lowest BCUT2D eigenvalue weighted by molar-refractivity contribution is 0.102. The third-order valence-corrected chi connectivity index (χ3v) is 3.08. The van der Waals surface area contributed by atoms with Crippen molar-refractivity contribution in [1.82, 2.24) is 9.97 Å². The fourth-order valence-corrected chi connectivity index (χ4v) is 2.12. The number of aryl methyl sites for hydroxylation is 1. The Hall–Kier alpha value is -2.82. The van der Waals surface area contributed by atoms with E-state index < -0.39 is 0 Å². The molecule has 0 bridgehead atoms. The minimum Gasteiger partial charge on any atom is -0.399 e. The van der Waals surface area contributed by atoms with Gasteiger partial charge in [0.2, 0.25) is 0 Å². The largest absolute Gasteiger partial charge is 0.399 e. The van der Waals surface area contributed by atoms with Crippen LogP contribution in [0.5, 0.6) is 0 Å². The number of nitrogens with one attached hydrogen (secondary N) is 2. The van der Waals surface area contributed by atoms with Gasteiger partial charge in [0.15, 0.2) is 0 Å². The van der Waals surface area contributed by atoms with Crippen molar-refractivity contribution < 1.29 is 4.79 Å². The molecule has 0 fully saturated rings. The Labute approximate surface area is 115 Å². The predicted molar refractivity (Wildman–Crippen MR) is 79.6 cm³/mol. The molecule has 0 unspecified atom stereocenters. The van der Waals surface area contributed by atoms with Crippen molar-refractivity contribution in [2.24, 2.45) is 0 Å². The van der Waals surface area contributed by atoms with E-state index in [9.17, 15) is 4.79 Å². The Balaban J connectivity index is 1.94. The van der Waals surface area contributed by atoms with E-state index in [0.717, 1.165) is 16.6 Å². The number of carbonyl (C=O) groups excluding carboxylic acids is 1. The number of benzene rings is 1. The topological polar surface area (TPSA) is 83.8 Å². The number of nitrogens with zero attached hydrogens (tertiary/aromatic N) is 1. The summed E-state index contributed by atoms with van der Waals surface area (Å²) in [5.74, 6) is 0.327. The maximum Gasteiger partial charge on any atom is 0.258 e. The first kappa shape index (κ1) is 12.2. The van der Waals surface area contributed by atoms with E-state index in [1.54, 1.807) is 24.4 Å². The number of pyridine rings is 1. The number of fused-ring (bicyclic) bond motifs is 1. The van der Waals surface area contributed by atoms with Crippen LogP contribution in [0.1, 0.15) is 16.1 Å². The van der Waals surface area contributed by atoms with Gasteiger partial charge >= 0.3 is 0 Å². The van der Waals surface area contributed by atoms with Crippen LogP contribution in [0.15, 0.2) is 42.6 Å². The van der Waals surface area contributed by atoms with Gasteiger partial charge in [-0.3, -0.25) is 4.79 Å². The highest BCUT2D eigenvalue weighted by Gasteiger charge is 2.12. The Morgan fingerprint density at radius 2 is 2.15 bits per heavy atom. The van der Waals surface area contributed by atoms with Gasteiger partial charge in [-0.1, -0.05) is 6.07 Å². The fraction of sp³-hybridized carbons (Fsp3) is 0.0667. The number of anilines is 2. The molecule has 0 radical (unpaired) electrons. The van der Waals surface area contributed by atoms with Gasteiger partial charge in [-0.25, -0.2) is 4.98 Å². The average Bonchev–Trinajstić information content (AvgIpc) is 2.81. The summed E-state index contributed by atoms with van der Waals surface area (Å²) in [7, 11) is 0. The van der Waals surface area contributed by atoms with Gasteiger partial charge in [0.05, 0.1) is 5.56 Å². The standard InChI is InChI=1S/C15H14N4O/c1-9-3-2-4-14(18-9)19-15(20)12-8-17-13-6-5-10(16)7-11(12)13/h2-8,17H,16H2,1H3,(H,18,19,20). The lowest BCUT2D eigenvalue weighted by atomic mass is 10.1. The summed E-state index contributed by atoms with van der Waals surface area (Å²) in [5.41, 5.74) is 8.67. The SMILES string of the molecule is Cc1cccc(NC(=O)c2c[nH]c3ccc(N)cc23)n1. The molecule has 4 N–H and O–H groups in total. The van der Waals surface area contributed by atoms with Crippen LogP contribution in [0.25, 0.3) is 10.9 Å². The summed E-state index contributed by atoms with van der Waals surface area (Å²) in [6.45, 7) is 1.88. The highest BCUT2D eigenvalue weighted by molar-refractivity contribution is 6.12. The molecule has 5 nitrogen and oxygen atoms in total. The molecule has 20 heavy (non-hydrogen) atoms. The number of nitrogen functional groups attached to an aromatic ring is 1. The number of H-pyrrole nitrogens is 1. The first-order chi connectivity index (χ1) is 9.63. The van der Waals surface area contributed by atoms with Gasteiger partial charge in [0.1, 0.15) is 5.82 Å². The summed E-state index contributed by atoms with van der Waals surface area (Å²) in [5, 5.41) is 3.59. The van der Waals surface area contributed by atoms with Crippen LogP contribution in [-0.4, -0.2) is 15.9 Å². The molecule has 0 aliphatic rings. The third kappa shape index (κ3) is 2.21. The third-order valence-electron chi connectivity index (χ3n) is 3.08. The summed E-state index contributed by atoms with van der Waals surface area (Å²) in [6.07, 6.45) is 1.68. The second kappa shape index (κ2) is 4.70. The van der Waals surface area contributed by atoms with Crippen molar-refractivity contribution in [3.63, 3.8) is 0 Å². The van der Waals surface area contributed by atoms with Crippen LogP contribution >= 0.6 is 0 Å². The molecular weight excluding hydrogens is 252 g/mol. The number of hydrogen-bond acceptors (Lipinski definition) is 3. The molecule has 1 aromatic carbocycles. The van der Waals surface area contributed by atoms with Gasteiger partial charge < -0.3 is 16.0 Å². The van der Waals surface area contributed by atoms with Gasteiger partial charge in [0.25, 0.3) is 5.91 Å². The van der Waals surface area contributed by atoms with E-state index >= 15 is 0 Å². The molecule has 0 aliphatic heterocycles. The molecular formula is C15H14N4O. The molecule has 0 aliphatic carbocycles. The monoisotopic (exact) mass is 266 g/mol. The lowest BCUT2D eigenvalue weighted by Crippen LogP contribution is -2.12. The molecule has 2 heterocycles. The number of carbonyl (C=O) groups is 1. The van der Waals surface area contributed by atoms with E-state index in [1.165, 1.54) is 0 Å². The Morgan fingerprint density at radius 1 is 1.30 bits per heavy atom. The quantitative estimate of drug-likeness (QED) is 0.623. The molecule has 3 rings (SSSR count). The van der Waals surface area contributed by atoms with Crippen LogP contribution < -0.4 is 11.1 Å². The summed E-state index contributed by atoms with van der Waals surface area (Å²) in [4.78, 5) is 19.6. The second-order valence-corrected chi connectivity index (χ2v) is 4.63. The Kier molecular flexibility index (Phi) is 2.87. The van der Waals surface area contributed by atoms with E-state index in [0.29, 0.717) is 17.1 Å². The molecule has 100 valence electrons. The lowest BCUT2D eigenvalue weighted by Gasteiger charge is -2.04.